The van der Waals surface area contributed by atoms with Crippen LogP contribution in [0.15, 0.2) is 107 Å². The number of rotatable bonds is 13. The minimum Gasteiger partial charge on any atom is -0.485 e. The number of carbonyl (C=O) groups is 1. The van der Waals surface area contributed by atoms with E-state index < -0.39 is 11.8 Å². The van der Waals surface area contributed by atoms with Crippen molar-refractivity contribution in [3.63, 3.8) is 0 Å². The molecule has 0 radical (unpaired) electrons. The zero-order valence-electron chi connectivity index (χ0n) is 25.5. The van der Waals surface area contributed by atoms with Crippen molar-refractivity contribution in [2.45, 2.75) is 51.8 Å². The van der Waals surface area contributed by atoms with Crippen molar-refractivity contribution in [2.75, 3.05) is 13.7 Å². The first-order valence-electron chi connectivity index (χ1n) is 14.7. The summed E-state index contributed by atoms with van der Waals surface area (Å²) in [5, 5.41) is 4.12. The van der Waals surface area contributed by atoms with Crippen LogP contribution in [0.2, 0.25) is 0 Å². The number of methoxy groups -OCH3 is 1. The summed E-state index contributed by atoms with van der Waals surface area (Å²) in [6, 6.07) is 31.0. The van der Waals surface area contributed by atoms with E-state index in [-0.39, 0.29) is 24.8 Å². The van der Waals surface area contributed by atoms with Gasteiger partial charge in [0, 0.05) is 12.8 Å². The third-order valence-corrected chi connectivity index (χ3v) is 7.65. The number of benzene rings is 4. The molecule has 9 heteroatoms. The van der Waals surface area contributed by atoms with E-state index in [1.165, 1.54) is 7.11 Å². The van der Waals surface area contributed by atoms with Crippen LogP contribution in [0.25, 0.3) is 0 Å². The quantitative estimate of drug-likeness (QED) is 0.0813. The van der Waals surface area contributed by atoms with Gasteiger partial charge in [0.05, 0.1) is 24.3 Å². The largest absolute Gasteiger partial charge is 0.485 e. The van der Waals surface area contributed by atoms with Gasteiger partial charge in [0.25, 0.3) is 0 Å². The summed E-state index contributed by atoms with van der Waals surface area (Å²) in [4.78, 5) is 18.1. The second-order valence-corrected chi connectivity index (χ2v) is 11.9. The number of oxime groups is 1. The molecule has 0 N–H and O–H groups in total. The molecule has 4 aromatic rings. The predicted molar refractivity (Wildman–Crippen MR) is 174 cm³/mol. The van der Waals surface area contributed by atoms with Crippen molar-refractivity contribution < 1.29 is 33.3 Å². The smallest absolute Gasteiger partial charge is 0.356 e. The molecule has 1 fully saturated rings. The van der Waals surface area contributed by atoms with E-state index >= 15 is 0 Å². The number of ether oxygens (including phenoxy) is 5. The van der Waals surface area contributed by atoms with Crippen molar-refractivity contribution in [3.05, 3.63) is 124 Å². The summed E-state index contributed by atoms with van der Waals surface area (Å²) in [6.07, 6.45) is 0.859. The van der Waals surface area contributed by atoms with Gasteiger partial charge in [-0.25, -0.2) is 4.79 Å². The molecule has 8 nitrogen and oxygen atoms in total. The highest BCUT2D eigenvalue weighted by molar-refractivity contribution is 9.10. The maximum absolute atomic E-state index is 12.6. The van der Waals surface area contributed by atoms with Gasteiger partial charge in [-0.3, -0.25) is 0 Å². The van der Waals surface area contributed by atoms with E-state index in [1.807, 2.05) is 111 Å². The van der Waals surface area contributed by atoms with Gasteiger partial charge in [0.15, 0.2) is 23.0 Å². The highest BCUT2D eigenvalue weighted by atomic mass is 79.9. The lowest BCUT2D eigenvalue weighted by molar-refractivity contribution is -0.138. The van der Waals surface area contributed by atoms with Gasteiger partial charge in [-0.05, 0) is 76.3 Å². The van der Waals surface area contributed by atoms with Crippen LogP contribution >= 0.6 is 15.9 Å². The zero-order valence-corrected chi connectivity index (χ0v) is 27.1. The summed E-state index contributed by atoms with van der Waals surface area (Å²) in [7, 11) is 1.32. The molecule has 0 saturated carbocycles. The molecule has 1 heterocycles. The molecule has 1 unspecified atom stereocenters. The van der Waals surface area contributed by atoms with Gasteiger partial charge in [-0.1, -0.05) is 78.0 Å². The molecule has 0 spiro atoms. The molecule has 4 aromatic carbocycles. The summed E-state index contributed by atoms with van der Waals surface area (Å²) in [6.45, 7) is 4.97. The number of halogens is 1. The average Bonchev–Trinajstić information content (AvgIpc) is 3.39. The van der Waals surface area contributed by atoms with E-state index in [2.05, 4.69) is 21.1 Å². The van der Waals surface area contributed by atoms with E-state index in [9.17, 15) is 4.79 Å². The minimum atomic E-state index is -0.576. The van der Waals surface area contributed by atoms with Crippen LogP contribution in [0, 0.1) is 0 Å². The molecule has 1 saturated heterocycles. The highest BCUT2D eigenvalue weighted by Gasteiger charge is 2.32. The van der Waals surface area contributed by atoms with E-state index in [4.69, 9.17) is 28.5 Å². The van der Waals surface area contributed by atoms with E-state index in [1.54, 1.807) is 0 Å². The van der Waals surface area contributed by atoms with E-state index in [0.717, 1.165) is 26.7 Å². The first kappa shape index (κ1) is 32.2. The Balaban J connectivity index is 1.35. The van der Waals surface area contributed by atoms with Crippen molar-refractivity contribution in [2.24, 2.45) is 5.16 Å². The van der Waals surface area contributed by atoms with E-state index in [0.29, 0.717) is 36.9 Å². The Bertz CT molecular complexity index is 1610. The molecular formula is C36H36BrNO7. The number of nitrogens with zero attached hydrogens (tertiary/aromatic N) is 1. The number of hydrogen-bond donors (Lipinski definition) is 0. The first-order valence-corrected chi connectivity index (χ1v) is 15.5. The molecule has 1 aliphatic heterocycles. The van der Waals surface area contributed by atoms with Crippen molar-refractivity contribution in [3.8, 4) is 17.2 Å². The predicted octanol–water partition coefficient (Wildman–Crippen LogP) is 7.80. The minimum absolute atomic E-state index is 0.0179. The topological polar surface area (TPSA) is 84.8 Å². The van der Waals surface area contributed by atoms with Crippen LogP contribution in [-0.4, -0.2) is 37.3 Å². The third-order valence-electron chi connectivity index (χ3n) is 7.03. The Morgan fingerprint density at radius 2 is 1.51 bits per heavy atom. The van der Waals surface area contributed by atoms with Gasteiger partial charge < -0.3 is 28.5 Å². The van der Waals surface area contributed by atoms with Crippen molar-refractivity contribution in [1.29, 1.82) is 0 Å². The second-order valence-electron chi connectivity index (χ2n) is 11.0. The van der Waals surface area contributed by atoms with Gasteiger partial charge in [-0.15, -0.1) is 0 Å². The Labute approximate surface area is 272 Å². The highest BCUT2D eigenvalue weighted by Crippen LogP contribution is 2.37. The summed E-state index contributed by atoms with van der Waals surface area (Å²) >= 11 is 3.68. The fourth-order valence-electron chi connectivity index (χ4n) is 4.81. The molecular weight excluding hydrogens is 638 g/mol. The fraction of sp³-hybridized carbons (Fsp3) is 0.278. The van der Waals surface area contributed by atoms with Gasteiger partial charge in [0.1, 0.15) is 19.0 Å². The zero-order chi connectivity index (χ0) is 31.6. The number of esters is 1. The fourth-order valence-corrected chi connectivity index (χ4v) is 5.31. The average molecular weight is 675 g/mol. The van der Waals surface area contributed by atoms with Crippen LogP contribution < -0.4 is 9.47 Å². The summed E-state index contributed by atoms with van der Waals surface area (Å²) in [5.41, 5.74) is 3.94. The molecule has 45 heavy (non-hydrogen) atoms. The van der Waals surface area contributed by atoms with Gasteiger partial charge >= 0.3 is 5.97 Å². The molecule has 0 bridgehead atoms. The molecule has 234 valence electrons. The lowest BCUT2D eigenvalue weighted by Gasteiger charge is -2.18. The summed E-state index contributed by atoms with van der Waals surface area (Å²) < 4.78 is 30.1. The van der Waals surface area contributed by atoms with Crippen LogP contribution in [0.1, 0.15) is 36.1 Å². The SMILES string of the molecule is COC(=O)/C(Cc1ccc(OCc2ccccc2)c(Oc2ccc(CC3COC(C)(C)O3)cc2Br)c1)=N/OCc1ccccc1. The molecule has 1 aliphatic rings. The normalized spacial score (nSPS) is 15.8. The monoisotopic (exact) mass is 673 g/mol. The Hall–Kier alpha value is -4.18. The molecule has 0 aromatic heterocycles. The first-order chi connectivity index (χ1) is 21.8. The summed E-state index contributed by atoms with van der Waals surface area (Å²) in [5.74, 6) is 0.499. The molecule has 5 rings (SSSR count). The second kappa shape index (κ2) is 15.2. The Morgan fingerprint density at radius 1 is 0.844 bits per heavy atom. The molecule has 0 amide bonds. The molecule has 0 aliphatic carbocycles. The maximum atomic E-state index is 12.6. The lowest BCUT2D eigenvalue weighted by Crippen LogP contribution is -2.22. The number of hydrogen-bond acceptors (Lipinski definition) is 8. The van der Waals surface area contributed by atoms with Crippen molar-refractivity contribution >= 4 is 27.6 Å². The number of carbonyl (C=O) groups excluding carboxylic acids is 1. The van der Waals surface area contributed by atoms with Gasteiger partial charge in [0.2, 0.25) is 0 Å². The van der Waals surface area contributed by atoms with Crippen LogP contribution in [0.5, 0.6) is 17.2 Å². The van der Waals surface area contributed by atoms with Crippen LogP contribution in [0.3, 0.4) is 0 Å². The van der Waals surface area contributed by atoms with Crippen LogP contribution in [-0.2, 0) is 49.9 Å². The van der Waals surface area contributed by atoms with Crippen molar-refractivity contribution in [1.82, 2.24) is 0 Å². The maximum Gasteiger partial charge on any atom is 0.356 e. The Kier molecular flexibility index (Phi) is 10.9. The standard InChI is InChI=1S/C36H36BrNO7/c1-36(2)42-24-29(45-36)18-27-14-16-32(30(37)19-27)44-34-21-28(15-17-33(34)41-22-25-10-6-4-7-11-25)20-31(35(39)40-3)38-43-23-26-12-8-5-9-13-26/h4-17,19,21,29H,18,20,22-24H2,1-3H3/b38-31+. The molecule has 1 atom stereocenters. The van der Waals surface area contributed by atoms with Gasteiger partial charge in [-0.2, -0.15) is 0 Å². The third kappa shape index (κ3) is 9.41. The Morgan fingerprint density at radius 3 is 2.16 bits per heavy atom. The van der Waals surface area contributed by atoms with Crippen LogP contribution in [0.4, 0.5) is 0 Å². The lowest BCUT2D eigenvalue weighted by atomic mass is 10.1.